The average molecular weight is 389 g/mol. The van der Waals surface area contributed by atoms with Crippen LogP contribution in [0.2, 0.25) is 0 Å². The number of carboxylic acids is 1. The van der Waals surface area contributed by atoms with Crippen LogP contribution < -0.4 is 4.90 Å². The normalized spacial score (nSPS) is 19.3. The molecule has 2 fully saturated rings. The van der Waals surface area contributed by atoms with E-state index >= 15 is 0 Å². The molecular weight excluding hydrogens is 370 g/mol. The summed E-state index contributed by atoms with van der Waals surface area (Å²) in [6.45, 7) is 3.11. The van der Waals surface area contributed by atoms with Crippen LogP contribution in [0.15, 0.2) is 23.0 Å². The predicted octanol–water partition coefficient (Wildman–Crippen LogP) is 1.14. The Kier molecular flexibility index (Phi) is 4.75. The summed E-state index contributed by atoms with van der Waals surface area (Å²) in [5, 5.41) is 18.5. The maximum atomic E-state index is 12.5. The zero-order chi connectivity index (χ0) is 18.9. The number of nitrogens with zero attached hydrogens (tertiary/aromatic N) is 5. The molecule has 4 heterocycles. The minimum Gasteiger partial charge on any atom is -0.476 e. The van der Waals surface area contributed by atoms with Crippen molar-refractivity contribution < 1.29 is 19.4 Å². The van der Waals surface area contributed by atoms with E-state index in [4.69, 9.17) is 9.84 Å². The van der Waals surface area contributed by atoms with Gasteiger partial charge >= 0.3 is 5.97 Å². The van der Waals surface area contributed by atoms with Crippen LogP contribution in [0.4, 0.5) is 5.82 Å². The van der Waals surface area contributed by atoms with Crippen molar-refractivity contribution in [3.05, 3.63) is 34.4 Å². The van der Waals surface area contributed by atoms with Crippen LogP contribution in [0, 0.1) is 0 Å². The first-order valence-electron chi connectivity index (χ1n) is 8.70. The quantitative estimate of drug-likeness (QED) is 0.833. The van der Waals surface area contributed by atoms with Crippen molar-refractivity contribution in [2.45, 2.75) is 18.4 Å². The second-order valence-electron chi connectivity index (χ2n) is 6.70. The van der Waals surface area contributed by atoms with E-state index < -0.39 is 5.97 Å². The molecule has 0 bridgehead atoms. The summed E-state index contributed by atoms with van der Waals surface area (Å²) >= 11 is 1.41. The van der Waals surface area contributed by atoms with E-state index in [9.17, 15) is 9.59 Å². The Labute approximate surface area is 159 Å². The molecule has 1 amide bonds. The fourth-order valence-corrected chi connectivity index (χ4v) is 4.07. The molecule has 4 rings (SSSR count). The van der Waals surface area contributed by atoms with Crippen molar-refractivity contribution in [1.82, 2.24) is 20.1 Å². The first-order valence-corrected chi connectivity index (χ1v) is 9.64. The molecule has 0 aromatic carbocycles. The number of rotatable bonds is 3. The number of likely N-dealkylation sites (tertiary alicyclic amines) is 1. The van der Waals surface area contributed by atoms with Crippen LogP contribution in [0.1, 0.15) is 33.8 Å². The van der Waals surface area contributed by atoms with E-state index in [1.54, 1.807) is 17.0 Å². The minimum absolute atomic E-state index is 0.0334. The summed E-state index contributed by atoms with van der Waals surface area (Å²) in [5.74, 6) is -0.484. The smallest absolute Gasteiger partial charge is 0.356 e. The molecule has 1 spiro atoms. The highest BCUT2D eigenvalue weighted by molar-refractivity contribution is 7.07. The van der Waals surface area contributed by atoms with E-state index in [-0.39, 0.29) is 17.2 Å². The number of carbonyl (C=O) groups is 2. The molecule has 0 unspecified atom stereocenters. The molecule has 2 aliphatic heterocycles. The first kappa shape index (κ1) is 17.8. The van der Waals surface area contributed by atoms with Gasteiger partial charge in [-0.25, -0.2) is 9.78 Å². The summed E-state index contributed by atoms with van der Waals surface area (Å²) in [6, 6.07) is 3.14. The highest BCUT2D eigenvalue weighted by Gasteiger charge is 2.41. The van der Waals surface area contributed by atoms with Gasteiger partial charge in [-0.2, -0.15) is 0 Å². The Morgan fingerprint density at radius 2 is 1.96 bits per heavy atom. The van der Waals surface area contributed by atoms with E-state index in [0.29, 0.717) is 44.3 Å². The zero-order valence-corrected chi connectivity index (χ0v) is 15.4. The summed E-state index contributed by atoms with van der Waals surface area (Å²) in [6.07, 6.45) is 1.47. The molecule has 1 N–H and O–H groups in total. The zero-order valence-electron chi connectivity index (χ0n) is 14.6. The maximum absolute atomic E-state index is 12.5. The number of thiazole rings is 1. The Balaban J connectivity index is 1.41. The molecule has 2 saturated heterocycles. The van der Waals surface area contributed by atoms with Crippen molar-refractivity contribution in [2.24, 2.45) is 0 Å². The van der Waals surface area contributed by atoms with Gasteiger partial charge in [0.05, 0.1) is 17.7 Å². The summed E-state index contributed by atoms with van der Waals surface area (Å²) in [4.78, 5) is 31.4. The summed E-state index contributed by atoms with van der Waals surface area (Å²) < 4.78 is 6.10. The number of piperidine rings is 1. The van der Waals surface area contributed by atoms with Gasteiger partial charge in [0.2, 0.25) is 0 Å². The lowest BCUT2D eigenvalue weighted by Gasteiger charge is -2.47. The van der Waals surface area contributed by atoms with Gasteiger partial charge in [0.1, 0.15) is 5.69 Å². The van der Waals surface area contributed by atoms with Gasteiger partial charge < -0.3 is 19.6 Å². The van der Waals surface area contributed by atoms with E-state index in [2.05, 4.69) is 20.1 Å². The summed E-state index contributed by atoms with van der Waals surface area (Å²) in [7, 11) is 0. The second-order valence-corrected chi connectivity index (χ2v) is 7.42. The highest BCUT2D eigenvalue weighted by Crippen LogP contribution is 2.32. The average Bonchev–Trinajstić information content (AvgIpc) is 3.23. The van der Waals surface area contributed by atoms with Crippen LogP contribution in [-0.4, -0.2) is 75.5 Å². The Hall–Kier alpha value is -2.59. The van der Waals surface area contributed by atoms with Gasteiger partial charge in [-0.15, -0.1) is 21.5 Å². The van der Waals surface area contributed by atoms with E-state index in [0.717, 1.165) is 12.8 Å². The van der Waals surface area contributed by atoms with Crippen LogP contribution in [0.25, 0.3) is 0 Å². The third-order valence-corrected chi connectivity index (χ3v) is 5.64. The van der Waals surface area contributed by atoms with Crippen LogP contribution in [0.5, 0.6) is 0 Å². The molecule has 9 nitrogen and oxygen atoms in total. The number of hydrogen-bond acceptors (Lipinski definition) is 8. The molecule has 0 radical (unpaired) electrons. The first-order chi connectivity index (χ1) is 13.1. The van der Waals surface area contributed by atoms with Gasteiger partial charge in [0.15, 0.2) is 11.5 Å². The number of carbonyl (C=O) groups excluding carboxylic acids is 1. The highest BCUT2D eigenvalue weighted by atomic mass is 32.1. The number of morpholine rings is 1. The van der Waals surface area contributed by atoms with Crippen molar-refractivity contribution in [3.63, 3.8) is 0 Å². The van der Waals surface area contributed by atoms with E-state index in [1.807, 2.05) is 4.90 Å². The third kappa shape index (κ3) is 3.62. The third-order valence-electron chi connectivity index (χ3n) is 5.06. The van der Waals surface area contributed by atoms with Crippen LogP contribution in [-0.2, 0) is 4.74 Å². The van der Waals surface area contributed by atoms with Gasteiger partial charge in [-0.3, -0.25) is 4.79 Å². The largest absolute Gasteiger partial charge is 0.476 e. The second kappa shape index (κ2) is 7.20. The number of aromatic nitrogens is 3. The van der Waals surface area contributed by atoms with Crippen LogP contribution >= 0.6 is 11.3 Å². The van der Waals surface area contributed by atoms with E-state index in [1.165, 1.54) is 17.4 Å². The monoisotopic (exact) mass is 389 g/mol. The number of ether oxygens (including phenoxy) is 1. The topological polar surface area (TPSA) is 109 Å². The fourth-order valence-electron chi connectivity index (χ4n) is 3.55. The van der Waals surface area contributed by atoms with Gasteiger partial charge in [-0.05, 0) is 25.0 Å². The molecule has 0 atom stereocenters. The van der Waals surface area contributed by atoms with Gasteiger partial charge in [0.25, 0.3) is 5.91 Å². The fraction of sp³-hybridized carbons (Fsp3) is 0.471. The molecular formula is C17H19N5O4S. The maximum Gasteiger partial charge on any atom is 0.356 e. The summed E-state index contributed by atoms with van der Waals surface area (Å²) in [5.41, 5.74) is 1.76. The van der Waals surface area contributed by atoms with Crippen molar-refractivity contribution in [1.29, 1.82) is 0 Å². The Bertz CT molecular complexity index is 818. The molecule has 2 aliphatic rings. The molecule has 10 heteroatoms. The predicted molar refractivity (Wildman–Crippen MR) is 97.1 cm³/mol. The molecule has 142 valence electrons. The van der Waals surface area contributed by atoms with Crippen molar-refractivity contribution >= 4 is 29.0 Å². The molecule has 2 aromatic heterocycles. The van der Waals surface area contributed by atoms with Gasteiger partial charge in [-0.1, -0.05) is 0 Å². The Morgan fingerprint density at radius 1 is 1.15 bits per heavy atom. The lowest BCUT2D eigenvalue weighted by molar-refractivity contribution is -0.0871. The number of aromatic carboxylic acids is 1. The molecule has 0 saturated carbocycles. The number of hydrogen-bond donors (Lipinski definition) is 1. The SMILES string of the molecule is O=C(O)c1ccc(N2CCOC3(CCN(C(=O)c4cscn4)CC3)C2)nn1. The molecule has 0 aliphatic carbocycles. The number of carboxylic acid groups (broad SMARTS) is 1. The molecule has 2 aromatic rings. The minimum atomic E-state index is -1.09. The number of anilines is 1. The van der Waals surface area contributed by atoms with Crippen molar-refractivity contribution in [2.75, 3.05) is 37.7 Å². The van der Waals surface area contributed by atoms with Crippen molar-refractivity contribution in [3.8, 4) is 0 Å². The number of amides is 1. The lowest BCUT2D eigenvalue weighted by Crippen LogP contribution is -2.57. The van der Waals surface area contributed by atoms with Crippen LogP contribution in [0.3, 0.4) is 0 Å². The van der Waals surface area contributed by atoms with Gasteiger partial charge in [0, 0.05) is 31.6 Å². The Morgan fingerprint density at radius 3 is 2.59 bits per heavy atom. The lowest BCUT2D eigenvalue weighted by atomic mass is 9.89. The standard InChI is InChI=1S/C17H19N5O4S/c23-15(13-9-27-11-18-13)21-5-3-17(4-6-21)10-22(7-8-26-17)14-2-1-12(16(24)25)19-20-14/h1-2,9,11H,3-8,10H2,(H,24,25). The molecule has 27 heavy (non-hydrogen) atoms.